The van der Waals surface area contributed by atoms with E-state index in [1.54, 1.807) is 9.80 Å². The molecule has 0 unspecified atom stereocenters. The molecule has 0 aliphatic carbocycles. The third-order valence-corrected chi connectivity index (χ3v) is 5.59. The molecule has 138 valence electrons. The zero-order chi connectivity index (χ0) is 18.1. The van der Waals surface area contributed by atoms with Gasteiger partial charge < -0.3 is 15.1 Å². The number of piperazine rings is 1. The Morgan fingerprint density at radius 2 is 1.81 bits per heavy atom. The smallest absolute Gasteiger partial charge is 0.327 e. The summed E-state index contributed by atoms with van der Waals surface area (Å²) in [6, 6.07) is 8.74. The molecule has 0 radical (unpaired) electrons. The summed E-state index contributed by atoms with van der Waals surface area (Å²) >= 11 is 0. The van der Waals surface area contributed by atoms with Crippen LogP contribution in [0, 0.1) is 5.92 Å². The van der Waals surface area contributed by atoms with E-state index in [1.807, 2.05) is 30.3 Å². The molecule has 0 saturated carbocycles. The highest BCUT2D eigenvalue weighted by Gasteiger charge is 2.48. The van der Waals surface area contributed by atoms with Crippen molar-refractivity contribution in [2.45, 2.75) is 25.4 Å². The fraction of sp³-hybridized carbons (Fsp3) is 0.526. The number of nitrogens with zero attached hydrogens (tertiary/aromatic N) is 3. The zero-order valence-electron chi connectivity index (χ0n) is 14.8. The summed E-state index contributed by atoms with van der Waals surface area (Å²) in [5, 5.41) is 3.27. The molecule has 0 bridgehead atoms. The number of carbonyl (C=O) groups is 3. The molecule has 1 aromatic carbocycles. The predicted octanol–water partition coefficient (Wildman–Crippen LogP) is 0.661. The number of hydrogen-bond donors (Lipinski definition) is 1. The van der Waals surface area contributed by atoms with Gasteiger partial charge in [0.25, 0.3) is 5.91 Å². The number of hydrogen-bond acceptors (Lipinski definition) is 4. The van der Waals surface area contributed by atoms with Crippen molar-refractivity contribution in [3.8, 4) is 0 Å². The van der Waals surface area contributed by atoms with E-state index < -0.39 is 6.04 Å². The fourth-order valence-corrected chi connectivity index (χ4v) is 4.09. The summed E-state index contributed by atoms with van der Waals surface area (Å²) < 4.78 is 0. The Balaban J connectivity index is 1.44. The molecule has 4 amide bonds. The van der Waals surface area contributed by atoms with Gasteiger partial charge in [0, 0.05) is 19.0 Å². The Hall–Kier alpha value is -2.41. The molecule has 7 nitrogen and oxygen atoms in total. The van der Waals surface area contributed by atoms with Crippen molar-refractivity contribution in [2.75, 3.05) is 32.7 Å². The first-order valence-corrected chi connectivity index (χ1v) is 9.30. The number of imide groups is 1. The van der Waals surface area contributed by atoms with Gasteiger partial charge in [0.1, 0.15) is 6.04 Å². The fourth-order valence-electron chi connectivity index (χ4n) is 4.09. The average Bonchev–Trinajstić information content (AvgIpc) is 2.93. The standard InChI is InChI=1S/C19H24N4O3/c24-17(15-6-8-20-9-7-15)21-10-11-22-16(13-21)18(25)23(19(22)26)12-14-4-2-1-3-5-14/h1-5,15-16,20H,6-13H2/t16-/m1/s1. The number of nitrogens with one attached hydrogen (secondary N) is 1. The molecule has 3 aliphatic rings. The zero-order valence-corrected chi connectivity index (χ0v) is 14.8. The number of amides is 4. The minimum absolute atomic E-state index is 0.0374. The lowest BCUT2D eigenvalue weighted by Gasteiger charge is -2.37. The van der Waals surface area contributed by atoms with Crippen molar-refractivity contribution in [1.29, 1.82) is 0 Å². The van der Waals surface area contributed by atoms with Crippen molar-refractivity contribution >= 4 is 17.8 Å². The van der Waals surface area contributed by atoms with E-state index in [2.05, 4.69) is 5.32 Å². The van der Waals surface area contributed by atoms with Crippen LogP contribution in [0.4, 0.5) is 4.79 Å². The summed E-state index contributed by atoms with van der Waals surface area (Å²) in [6.45, 7) is 3.27. The summed E-state index contributed by atoms with van der Waals surface area (Å²) in [5.74, 6) is -0.0231. The van der Waals surface area contributed by atoms with Crippen LogP contribution in [0.1, 0.15) is 18.4 Å². The van der Waals surface area contributed by atoms with Crippen LogP contribution in [-0.4, -0.2) is 71.3 Å². The highest BCUT2D eigenvalue weighted by atomic mass is 16.2. The van der Waals surface area contributed by atoms with Gasteiger partial charge in [-0.3, -0.25) is 14.5 Å². The second-order valence-corrected chi connectivity index (χ2v) is 7.21. The lowest BCUT2D eigenvalue weighted by molar-refractivity contribution is -0.140. The van der Waals surface area contributed by atoms with E-state index in [-0.39, 0.29) is 30.3 Å². The molecule has 3 heterocycles. The van der Waals surface area contributed by atoms with Crippen LogP contribution in [-0.2, 0) is 16.1 Å². The number of carbonyl (C=O) groups excluding carboxylic acids is 3. The molecule has 0 spiro atoms. The highest BCUT2D eigenvalue weighted by Crippen LogP contribution is 2.25. The first-order valence-electron chi connectivity index (χ1n) is 9.30. The molecule has 3 fully saturated rings. The van der Waals surface area contributed by atoms with Gasteiger partial charge in [0.2, 0.25) is 5.91 Å². The third-order valence-electron chi connectivity index (χ3n) is 5.59. The second-order valence-electron chi connectivity index (χ2n) is 7.21. The molecule has 7 heteroatoms. The number of rotatable bonds is 3. The van der Waals surface area contributed by atoms with Crippen molar-refractivity contribution in [2.24, 2.45) is 5.92 Å². The van der Waals surface area contributed by atoms with Crippen LogP contribution in [0.25, 0.3) is 0 Å². The van der Waals surface area contributed by atoms with Crippen molar-refractivity contribution in [3.63, 3.8) is 0 Å². The third kappa shape index (κ3) is 3.07. The van der Waals surface area contributed by atoms with E-state index in [1.165, 1.54) is 4.90 Å². The normalized spacial score (nSPS) is 24.2. The van der Waals surface area contributed by atoms with Crippen LogP contribution < -0.4 is 5.32 Å². The maximum absolute atomic E-state index is 12.8. The quantitative estimate of drug-likeness (QED) is 0.808. The molecule has 1 N–H and O–H groups in total. The molecule has 1 aromatic rings. The monoisotopic (exact) mass is 356 g/mol. The minimum Gasteiger partial charge on any atom is -0.338 e. The number of benzene rings is 1. The van der Waals surface area contributed by atoms with Gasteiger partial charge in [-0.25, -0.2) is 4.79 Å². The van der Waals surface area contributed by atoms with Gasteiger partial charge in [-0.15, -0.1) is 0 Å². The molecule has 1 atom stereocenters. The second kappa shape index (κ2) is 7.07. The molecule has 3 saturated heterocycles. The maximum Gasteiger partial charge on any atom is 0.327 e. The SMILES string of the molecule is O=C(C1CCNCC1)N1CCN2C(=O)N(Cc3ccccc3)C(=O)[C@H]2C1. The lowest BCUT2D eigenvalue weighted by Crippen LogP contribution is -2.56. The Bertz CT molecular complexity index is 702. The van der Waals surface area contributed by atoms with E-state index in [9.17, 15) is 14.4 Å². The number of piperidine rings is 1. The molecule has 0 aromatic heterocycles. The minimum atomic E-state index is -0.536. The number of urea groups is 1. The van der Waals surface area contributed by atoms with Gasteiger partial charge >= 0.3 is 6.03 Å². The molecule has 3 aliphatic heterocycles. The Kier molecular flexibility index (Phi) is 4.63. The van der Waals surface area contributed by atoms with E-state index in [4.69, 9.17) is 0 Å². The Morgan fingerprint density at radius 3 is 2.54 bits per heavy atom. The number of fused-ring (bicyclic) bond motifs is 1. The van der Waals surface area contributed by atoms with Crippen LogP contribution in [0.3, 0.4) is 0 Å². The van der Waals surface area contributed by atoms with Gasteiger partial charge in [-0.05, 0) is 31.5 Å². The van der Waals surface area contributed by atoms with Crippen molar-refractivity contribution in [3.05, 3.63) is 35.9 Å². The Labute approximate surface area is 152 Å². The summed E-state index contributed by atoms with van der Waals surface area (Å²) in [7, 11) is 0. The maximum atomic E-state index is 12.8. The largest absolute Gasteiger partial charge is 0.338 e. The van der Waals surface area contributed by atoms with Crippen LogP contribution in [0.2, 0.25) is 0 Å². The molecule has 26 heavy (non-hydrogen) atoms. The van der Waals surface area contributed by atoms with E-state index in [0.717, 1.165) is 31.5 Å². The van der Waals surface area contributed by atoms with E-state index >= 15 is 0 Å². The first kappa shape index (κ1) is 17.0. The van der Waals surface area contributed by atoms with Crippen molar-refractivity contribution < 1.29 is 14.4 Å². The summed E-state index contributed by atoms with van der Waals surface area (Å²) in [6.07, 6.45) is 1.69. The average molecular weight is 356 g/mol. The first-order chi connectivity index (χ1) is 12.6. The predicted molar refractivity (Wildman–Crippen MR) is 95.1 cm³/mol. The summed E-state index contributed by atoms with van der Waals surface area (Å²) in [4.78, 5) is 43.0. The highest BCUT2D eigenvalue weighted by molar-refractivity contribution is 6.04. The molecule has 4 rings (SSSR count). The van der Waals surface area contributed by atoms with Gasteiger partial charge in [0.15, 0.2) is 0 Å². The van der Waals surface area contributed by atoms with Crippen molar-refractivity contribution in [1.82, 2.24) is 20.0 Å². The van der Waals surface area contributed by atoms with Gasteiger partial charge in [-0.2, -0.15) is 0 Å². The topological polar surface area (TPSA) is 73.0 Å². The van der Waals surface area contributed by atoms with Crippen LogP contribution in [0.5, 0.6) is 0 Å². The lowest BCUT2D eigenvalue weighted by atomic mass is 9.96. The van der Waals surface area contributed by atoms with E-state index in [0.29, 0.717) is 19.6 Å². The van der Waals surface area contributed by atoms with Crippen LogP contribution in [0.15, 0.2) is 30.3 Å². The molecular weight excluding hydrogens is 332 g/mol. The van der Waals surface area contributed by atoms with Gasteiger partial charge in [-0.1, -0.05) is 30.3 Å². The summed E-state index contributed by atoms with van der Waals surface area (Å²) in [5.41, 5.74) is 0.927. The molecular formula is C19H24N4O3. The van der Waals surface area contributed by atoms with Gasteiger partial charge in [0.05, 0.1) is 13.1 Å². The van der Waals surface area contributed by atoms with Crippen LogP contribution >= 0.6 is 0 Å². The Morgan fingerprint density at radius 1 is 1.08 bits per heavy atom.